The Bertz CT molecular complexity index is 472. The lowest BCUT2D eigenvalue weighted by atomic mass is 10.3. The minimum absolute atomic E-state index is 0.318. The van der Waals surface area contributed by atoms with Crippen molar-refractivity contribution in [3.8, 4) is 0 Å². The van der Waals surface area contributed by atoms with Crippen LogP contribution in [0.25, 0.3) is 0 Å². The highest BCUT2D eigenvalue weighted by molar-refractivity contribution is 7.09. The maximum atomic E-state index is 4.50. The van der Waals surface area contributed by atoms with Crippen LogP contribution in [-0.2, 0) is 13.1 Å². The molecular formula is C13H19N3S. The van der Waals surface area contributed by atoms with E-state index in [4.69, 9.17) is 0 Å². The molecule has 0 aliphatic heterocycles. The van der Waals surface area contributed by atoms with Gasteiger partial charge in [0.1, 0.15) is 5.01 Å². The molecule has 0 bridgehead atoms. The molecule has 0 aliphatic rings. The van der Waals surface area contributed by atoms with E-state index in [9.17, 15) is 0 Å². The summed E-state index contributed by atoms with van der Waals surface area (Å²) in [5, 5.41) is 6.76. The van der Waals surface area contributed by atoms with Gasteiger partial charge in [-0.3, -0.25) is 0 Å². The van der Waals surface area contributed by atoms with E-state index in [0.717, 1.165) is 23.8 Å². The van der Waals surface area contributed by atoms with Crippen LogP contribution in [0.1, 0.15) is 36.2 Å². The van der Waals surface area contributed by atoms with Crippen LogP contribution in [0.2, 0.25) is 0 Å². The van der Waals surface area contributed by atoms with E-state index in [1.807, 2.05) is 6.92 Å². The summed E-state index contributed by atoms with van der Waals surface area (Å²) in [4.78, 5) is 4.50. The molecule has 4 heteroatoms. The normalized spacial score (nSPS) is 12.9. The lowest BCUT2D eigenvalue weighted by Crippen LogP contribution is -2.17. The molecule has 0 aliphatic carbocycles. The Morgan fingerprint density at radius 3 is 2.94 bits per heavy atom. The molecule has 17 heavy (non-hydrogen) atoms. The quantitative estimate of drug-likeness (QED) is 0.882. The molecule has 2 aromatic rings. The molecule has 2 rings (SSSR count). The Morgan fingerprint density at radius 2 is 2.35 bits per heavy atom. The average Bonchev–Trinajstić information content (AvgIpc) is 2.94. The van der Waals surface area contributed by atoms with E-state index in [-0.39, 0.29) is 0 Å². The van der Waals surface area contributed by atoms with Crippen molar-refractivity contribution >= 4 is 11.3 Å². The topological polar surface area (TPSA) is 29.9 Å². The number of aryl methyl sites for hydroxylation is 2. The van der Waals surface area contributed by atoms with Gasteiger partial charge in [0.2, 0.25) is 0 Å². The minimum Gasteiger partial charge on any atom is -0.354 e. The molecule has 0 saturated heterocycles. The van der Waals surface area contributed by atoms with Crippen molar-refractivity contribution in [3.63, 3.8) is 0 Å². The molecule has 0 amide bonds. The van der Waals surface area contributed by atoms with E-state index < -0.39 is 0 Å². The van der Waals surface area contributed by atoms with Crippen LogP contribution < -0.4 is 5.32 Å². The molecule has 0 spiro atoms. The fraction of sp³-hybridized carbons (Fsp3) is 0.462. The van der Waals surface area contributed by atoms with E-state index in [1.165, 1.54) is 5.56 Å². The molecule has 0 saturated carbocycles. The van der Waals surface area contributed by atoms with Gasteiger partial charge in [0.15, 0.2) is 0 Å². The number of hydrogen-bond acceptors (Lipinski definition) is 3. The molecule has 3 nitrogen and oxygen atoms in total. The fourth-order valence-corrected chi connectivity index (χ4v) is 2.55. The summed E-state index contributed by atoms with van der Waals surface area (Å²) >= 11 is 1.72. The predicted octanol–water partition coefficient (Wildman–Crippen LogP) is 3.12. The summed E-state index contributed by atoms with van der Waals surface area (Å²) in [5.74, 6) is 0. The predicted molar refractivity (Wildman–Crippen MR) is 72.2 cm³/mol. The van der Waals surface area contributed by atoms with Gasteiger partial charge in [-0.15, -0.1) is 11.3 Å². The van der Waals surface area contributed by atoms with Gasteiger partial charge in [-0.25, -0.2) is 4.98 Å². The van der Waals surface area contributed by atoms with Crippen molar-refractivity contribution in [1.82, 2.24) is 14.9 Å². The molecule has 1 atom stereocenters. The number of rotatable bonds is 5. The number of thiazole rings is 1. The third-order valence-electron chi connectivity index (χ3n) is 2.80. The third-order valence-corrected chi connectivity index (χ3v) is 3.94. The Kier molecular flexibility index (Phi) is 3.97. The van der Waals surface area contributed by atoms with Gasteiger partial charge in [0.05, 0.1) is 6.04 Å². The van der Waals surface area contributed by atoms with Crippen LogP contribution >= 0.6 is 11.3 Å². The largest absolute Gasteiger partial charge is 0.354 e. The molecule has 2 heterocycles. The molecule has 0 aromatic carbocycles. The molecule has 0 fully saturated rings. The highest BCUT2D eigenvalue weighted by Gasteiger charge is 2.08. The summed E-state index contributed by atoms with van der Waals surface area (Å²) in [7, 11) is 0. The van der Waals surface area contributed by atoms with Gasteiger partial charge < -0.3 is 9.88 Å². The summed E-state index contributed by atoms with van der Waals surface area (Å²) in [6, 6.07) is 2.48. The smallest absolute Gasteiger partial charge is 0.110 e. The lowest BCUT2D eigenvalue weighted by molar-refractivity contribution is 0.570. The van der Waals surface area contributed by atoms with E-state index in [2.05, 4.69) is 52.6 Å². The number of aromatic nitrogens is 2. The Balaban J connectivity index is 1.89. The van der Waals surface area contributed by atoms with Crippen LogP contribution in [-0.4, -0.2) is 9.55 Å². The molecule has 1 N–H and O–H groups in total. The average molecular weight is 249 g/mol. The maximum Gasteiger partial charge on any atom is 0.110 e. The van der Waals surface area contributed by atoms with Gasteiger partial charge >= 0.3 is 0 Å². The SMILES string of the molecule is CCn1ccc(CNC(C)c2nc(C)cs2)c1. The number of hydrogen-bond donors (Lipinski definition) is 1. The van der Waals surface area contributed by atoms with Crippen molar-refractivity contribution in [2.45, 2.75) is 39.9 Å². The zero-order chi connectivity index (χ0) is 12.3. The first-order chi connectivity index (χ1) is 8.19. The maximum absolute atomic E-state index is 4.50. The summed E-state index contributed by atoms with van der Waals surface area (Å²) < 4.78 is 2.19. The third kappa shape index (κ3) is 3.17. The minimum atomic E-state index is 0.318. The second-order valence-corrected chi connectivity index (χ2v) is 5.17. The van der Waals surface area contributed by atoms with Crippen LogP contribution in [0.4, 0.5) is 0 Å². The highest BCUT2D eigenvalue weighted by Crippen LogP contribution is 2.17. The van der Waals surface area contributed by atoms with Crippen molar-refractivity contribution in [2.24, 2.45) is 0 Å². The molecule has 1 unspecified atom stereocenters. The van der Waals surface area contributed by atoms with E-state index in [0.29, 0.717) is 6.04 Å². The van der Waals surface area contributed by atoms with E-state index >= 15 is 0 Å². The van der Waals surface area contributed by atoms with Crippen molar-refractivity contribution in [3.05, 3.63) is 40.1 Å². The number of nitrogens with one attached hydrogen (secondary N) is 1. The molecular weight excluding hydrogens is 230 g/mol. The number of nitrogens with zero attached hydrogens (tertiary/aromatic N) is 2. The second kappa shape index (κ2) is 5.47. The van der Waals surface area contributed by atoms with Crippen LogP contribution in [0, 0.1) is 6.92 Å². The van der Waals surface area contributed by atoms with Crippen molar-refractivity contribution in [1.29, 1.82) is 0 Å². The van der Waals surface area contributed by atoms with Crippen molar-refractivity contribution < 1.29 is 0 Å². The van der Waals surface area contributed by atoms with Gasteiger partial charge in [-0.05, 0) is 32.4 Å². The Labute approximate surface area is 107 Å². The Hall–Kier alpha value is -1.13. The first-order valence-electron chi connectivity index (χ1n) is 5.99. The fourth-order valence-electron chi connectivity index (χ4n) is 1.72. The first-order valence-corrected chi connectivity index (χ1v) is 6.87. The first kappa shape index (κ1) is 12.3. The summed E-state index contributed by atoms with van der Waals surface area (Å²) in [6.45, 7) is 8.27. The monoisotopic (exact) mass is 249 g/mol. The van der Waals surface area contributed by atoms with E-state index in [1.54, 1.807) is 11.3 Å². The Morgan fingerprint density at radius 1 is 1.53 bits per heavy atom. The van der Waals surface area contributed by atoms with Gasteiger partial charge in [0, 0.05) is 36.6 Å². The summed E-state index contributed by atoms with van der Waals surface area (Å²) in [5.41, 5.74) is 2.43. The standard InChI is InChI=1S/C13H19N3S/c1-4-16-6-5-12(8-16)7-14-11(3)13-15-10(2)9-17-13/h5-6,8-9,11,14H,4,7H2,1-3H3. The van der Waals surface area contributed by atoms with Crippen molar-refractivity contribution in [2.75, 3.05) is 0 Å². The zero-order valence-electron chi connectivity index (χ0n) is 10.6. The summed E-state index contributed by atoms with van der Waals surface area (Å²) in [6.07, 6.45) is 4.31. The lowest BCUT2D eigenvalue weighted by Gasteiger charge is -2.09. The molecule has 2 aromatic heterocycles. The molecule has 92 valence electrons. The van der Waals surface area contributed by atoms with Gasteiger partial charge in [-0.2, -0.15) is 0 Å². The van der Waals surface area contributed by atoms with Crippen LogP contribution in [0.5, 0.6) is 0 Å². The van der Waals surface area contributed by atoms with Gasteiger partial charge in [0.25, 0.3) is 0 Å². The zero-order valence-corrected chi connectivity index (χ0v) is 11.4. The second-order valence-electron chi connectivity index (χ2n) is 4.28. The van der Waals surface area contributed by atoms with Crippen LogP contribution in [0.3, 0.4) is 0 Å². The van der Waals surface area contributed by atoms with Gasteiger partial charge in [-0.1, -0.05) is 0 Å². The molecule has 0 radical (unpaired) electrons. The van der Waals surface area contributed by atoms with Crippen LogP contribution in [0.15, 0.2) is 23.8 Å². The highest BCUT2D eigenvalue weighted by atomic mass is 32.1.